The maximum atomic E-state index is 10.8. The molecular formula is C10H13N3O3. The highest BCUT2D eigenvalue weighted by Gasteiger charge is 2.18. The van der Waals surface area contributed by atoms with Crippen LogP contribution >= 0.6 is 0 Å². The van der Waals surface area contributed by atoms with Crippen molar-refractivity contribution >= 4 is 11.7 Å². The highest BCUT2D eigenvalue weighted by molar-refractivity contribution is 5.87. The molecule has 0 bridgehead atoms. The molecule has 2 rings (SSSR count). The number of rotatable bonds is 3. The standard InChI is InChI=1S/C10H13N3O3/c1-7(14)12-9-2-4-11-10(13-9)16-8-3-5-15-6-8/h2,4,8H,3,5-6H2,1H3,(H,11,12,13,14)/t8-/m1/s1. The van der Waals surface area contributed by atoms with Gasteiger partial charge in [0, 0.05) is 19.5 Å². The summed E-state index contributed by atoms with van der Waals surface area (Å²) in [6.07, 6.45) is 2.39. The molecular weight excluding hydrogens is 210 g/mol. The van der Waals surface area contributed by atoms with Gasteiger partial charge in [-0.3, -0.25) is 4.79 Å². The van der Waals surface area contributed by atoms with Gasteiger partial charge in [0.25, 0.3) is 0 Å². The highest BCUT2D eigenvalue weighted by atomic mass is 16.6. The van der Waals surface area contributed by atoms with Gasteiger partial charge >= 0.3 is 6.01 Å². The van der Waals surface area contributed by atoms with Crippen molar-refractivity contribution in [2.45, 2.75) is 19.4 Å². The SMILES string of the molecule is CC(=O)Nc1ccnc(O[C@@H]2CCOC2)n1. The summed E-state index contributed by atoms with van der Waals surface area (Å²) in [5.41, 5.74) is 0. The van der Waals surface area contributed by atoms with E-state index < -0.39 is 0 Å². The van der Waals surface area contributed by atoms with E-state index in [1.165, 1.54) is 6.92 Å². The summed E-state index contributed by atoms with van der Waals surface area (Å²) in [6, 6.07) is 1.88. The number of nitrogens with one attached hydrogen (secondary N) is 1. The van der Waals surface area contributed by atoms with Gasteiger partial charge in [0.1, 0.15) is 11.9 Å². The van der Waals surface area contributed by atoms with E-state index >= 15 is 0 Å². The predicted octanol–water partition coefficient (Wildman–Crippen LogP) is 0.603. The second kappa shape index (κ2) is 4.89. The molecule has 1 N–H and O–H groups in total. The van der Waals surface area contributed by atoms with Crippen molar-refractivity contribution in [3.05, 3.63) is 12.3 Å². The van der Waals surface area contributed by atoms with Gasteiger partial charge in [0.05, 0.1) is 13.2 Å². The Hall–Kier alpha value is -1.69. The molecule has 0 spiro atoms. The van der Waals surface area contributed by atoms with Crippen LogP contribution in [0.2, 0.25) is 0 Å². The molecule has 1 fully saturated rings. The lowest BCUT2D eigenvalue weighted by Crippen LogP contribution is -2.18. The Balaban J connectivity index is 2.00. The summed E-state index contributed by atoms with van der Waals surface area (Å²) in [6.45, 7) is 2.69. The number of nitrogens with zero attached hydrogens (tertiary/aromatic N) is 2. The molecule has 6 heteroatoms. The number of ether oxygens (including phenoxy) is 2. The number of hydrogen-bond acceptors (Lipinski definition) is 5. The van der Waals surface area contributed by atoms with Crippen LogP contribution in [0.4, 0.5) is 5.82 Å². The first-order chi connectivity index (χ1) is 7.74. The molecule has 0 aliphatic carbocycles. The van der Waals surface area contributed by atoms with Crippen LogP contribution in [0.1, 0.15) is 13.3 Å². The Bertz CT molecular complexity index is 377. The van der Waals surface area contributed by atoms with Gasteiger partial charge in [-0.15, -0.1) is 0 Å². The number of anilines is 1. The van der Waals surface area contributed by atoms with Gasteiger partial charge < -0.3 is 14.8 Å². The van der Waals surface area contributed by atoms with Crippen LogP contribution in [0.5, 0.6) is 6.01 Å². The zero-order valence-corrected chi connectivity index (χ0v) is 8.97. The predicted molar refractivity (Wildman–Crippen MR) is 56.2 cm³/mol. The Morgan fingerprint density at radius 1 is 1.69 bits per heavy atom. The lowest BCUT2D eigenvalue weighted by Gasteiger charge is -2.10. The van der Waals surface area contributed by atoms with Gasteiger partial charge in [-0.2, -0.15) is 4.98 Å². The third-order valence-corrected chi connectivity index (χ3v) is 2.10. The molecule has 0 aromatic carbocycles. The van der Waals surface area contributed by atoms with Crippen molar-refractivity contribution in [2.75, 3.05) is 18.5 Å². The molecule has 0 unspecified atom stereocenters. The van der Waals surface area contributed by atoms with E-state index in [4.69, 9.17) is 9.47 Å². The Labute approximate surface area is 93.0 Å². The molecule has 2 heterocycles. The van der Waals surface area contributed by atoms with Gasteiger partial charge in [-0.1, -0.05) is 0 Å². The topological polar surface area (TPSA) is 73.3 Å². The highest BCUT2D eigenvalue weighted by Crippen LogP contribution is 2.13. The lowest BCUT2D eigenvalue weighted by atomic mass is 10.3. The molecule has 1 amide bonds. The van der Waals surface area contributed by atoms with Crippen molar-refractivity contribution in [1.82, 2.24) is 9.97 Å². The van der Waals surface area contributed by atoms with Gasteiger partial charge in [-0.25, -0.2) is 4.98 Å². The normalized spacial score (nSPS) is 19.4. The fraction of sp³-hybridized carbons (Fsp3) is 0.500. The maximum Gasteiger partial charge on any atom is 0.318 e. The van der Waals surface area contributed by atoms with E-state index in [2.05, 4.69) is 15.3 Å². The smallest absolute Gasteiger partial charge is 0.318 e. The summed E-state index contributed by atoms with van der Waals surface area (Å²) < 4.78 is 10.7. The van der Waals surface area contributed by atoms with Crippen molar-refractivity contribution in [1.29, 1.82) is 0 Å². The largest absolute Gasteiger partial charge is 0.458 e. The monoisotopic (exact) mass is 223 g/mol. The van der Waals surface area contributed by atoms with E-state index in [0.29, 0.717) is 19.0 Å². The first kappa shape index (κ1) is 10.8. The number of amides is 1. The first-order valence-electron chi connectivity index (χ1n) is 5.09. The van der Waals surface area contributed by atoms with Crippen LogP contribution in [-0.2, 0) is 9.53 Å². The molecule has 1 aromatic heterocycles. The van der Waals surface area contributed by atoms with Crippen molar-refractivity contribution < 1.29 is 14.3 Å². The van der Waals surface area contributed by atoms with Gasteiger partial charge in [0.2, 0.25) is 5.91 Å². The number of hydrogen-bond donors (Lipinski definition) is 1. The minimum absolute atomic E-state index is 0.00702. The van der Waals surface area contributed by atoms with E-state index in [1.807, 2.05) is 0 Å². The first-order valence-corrected chi connectivity index (χ1v) is 5.09. The molecule has 86 valence electrons. The van der Waals surface area contributed by atoms with Crippen LogP contribution in [-0.4, -0.2) is 35.2 Å². The second-order valence-corrected chi connectivity index (χ2v) is 3.51. The maximum absolute atomic E-state index is 10.8. The molecule has 1 aromatic rings. The van der Waals surface area contributed by atoms with Crippen LogP contribution < -0.4 is 10.1 Å². The van der Waals surface area contributed by atoms with Crippen LogP contribution in [0.25, 0.3) is 0 Å². The minimum Gasteiger partial charge on any atom is -0.458 e. The average molecular weight is 223 g/mol. The second-order valence-electron chi connectivity index (χ2n) is 3.51. The van der Waals surface area contributed by atoms with E-state index in [9.17, 15) is 4.79 Å². The Morgan fingerprint density at radius 2 is 2.56 bits per heavy atom. The van der Waals surface area contributed by atoms with Crippen molar-refractivity contribution in [3.8, 4) is 6.01 Å². The molecule has 1 aliphatic rings. The molecule has 6 nitrogen and oxygen atoms in total. The molecule has 16 heavy (non-hydrogen) atoms. The zero-order valence-electron chi connectivity index (χ0n) is 8.97. The fourth-order valence-electron chi connectivity index (χ4n) is 1.40. The minimum atomic E-state index is -0.172. The third-order valence-electron chi connectivity index (χ3n) is 2.10. The van der Waals surface area contributed by atoms with Crippen LogP contribution in [0, 0.1) is 0 Å². The fourth-order valence-corrected chi connectivity index (χ4v) is 1.40. The Morgan fingerprint density at radius 3 is 3.25 bits per heavy atom. The van der Waals surface area contributed by atoms with Gasteiger partial charge in [0.15, 0.2) is 0 Å². The summed E-state index contributed by atoms with van der Waals surface area (Å²) in [7, 11) is 0. The zero-order chi connectivity index (χ0) is 11.4. The van der Waals surface area contributed by atoms with E-state index in [-0.39, 0.29) is 18.0 Å². The molecule has 1 saturated heterocycles. The van der Waals surface area contributed by atoms with Gasteiger partial charge in [-0.05, 0) is 6.07 Å². The lowest BCUT2D eigenvalue weighted by molar-refractivity contribution is -0.114. The molecule has 1 atom stereocenters. The van der Waals surface area contributed by atoms with Crippen molar-refractivity contribution in [3.63, 3.8) is 0 Å². The molecule has 0 saturated carbocycles. The van der Waals surface area contributed by atoms with Crippen LogP contribution in [0.15, 0.2) is 12.3 Å². The number of carbonyl (C=O) groups is 1. The Kier molecular flexibility index (Phi) is 3.31. The van der Waals surface area contributed by atoms with Crippen LogP contribution in [0.3, 0.4) is 0 Å². The van der Waals surface area contributed by atoms with Crippen molar-refractivity contribution in [2.24, 2.45) is 0 Å². The summed E-state index contributed by atoms with van der Waals surface area (Å²) in [5, 5.41) is 2.57. The summed E-state index contributed by atoms with van der Waals surface area (Å²) in [4.78, 5) is 18.9. The van der Waals surface area contributed by atoms with E-state index in [0.717, 1.165) is 6.42 Å². The average Bonchev–Trinajstić information content (AvgIpc) is 2.70. The summed E-state index contributed by atoms with van der Waals surface area (Å²) >= 11 is 0. The number of aromatic nitrogens is 2. The molecule has 1 aliphatic heterocycles. The number of carbonyl (C=O) groups excluding carboxylic acids is 1. The third kappa shape index (κ3) is 2.90. The molecule has 0 radical (unpaired) electrons. The van der Waals surface area contributed by atoms with E-state index in [1.54, 1.807) is 12.3 Å². The quantitative estimate of drug-likeness (QED) is 0.812. The summed E-state index contributed by atoms with van der Waals surface area (Å²) in [5.74, 6) is 0.269.